The first-order valence-corrected chi connectivity index (χ1v) is 9.49. The summed E-state index contributed by atoms with van der Waals surface area (Å²) in [6.45, 7) is 7.13. The van der Waals surface area contributed by atoms with Crippen molar-refractivity contribution in [2.75, 3.05) is 39.6 Å². The molecule has 2 aliphatic carbocycles. The van der Waals surface area contributed by atoms with Gasteiger partial charge in [0.1, 0.15) is 6.61 Å². The lowest BCUT2D eigenvalue weighted by atomic mass is 9.69. The summed E-state index contributed by atoms with van der Waals surface area (Å²) >= 11 is 0. The quantitative estimate of drug-likeness (QED) is 0.543. The van der Waals surface area contributed by atoms with Crippen molar-refractivity contribution in [3.63, 3.8) is 0 Å². The lowest BCUT2D eigenvalue weighted by Gasteiger charge is -2.37. The highest BCUT2D eigenvalue weighted by atomic mass is 16.5. The average Bonchev–Trinajstić information content (AvgIpc) is 2.62. The van der Waals surface area contributed by atoms with E-state index in [4.69, 9.17) is 19.3 Å². The summed E-state index contributed by atoms with van der Waals surface area (Å²) in [4.78, 5) is 0. The number of rotatable bonds is 9. The Morgan fingerprint density at radius 1 is 0.885 bits per heavy atom. The van der Waals surface area contributed by atoms with Crippen LogP contribution in [0, 0.1) is 5.41 Å². The fraction of sp³-hybridized carbons (Fsp3) is 0.545. The minimum atomic E-state index is 0.0371. The van der Waals surface area contributed by atoms with Crippen LogP contribution in [-0.4, -0.2) is 44.7 Å². The minimum Gasteiger partial charge on any atom is -0.495 e. The molecule has 4 heteroatoms. The molecule has 142 valence electrons. The van der Waals surface area contributed by atoms with E-state index in [2.05, 4.69) is 44.2 Å². The molecule has 3 rings (SSSR count). The normalized spacial score (nSPS) is 18.2. The number of hydrogen-bond donors (Lipinski definition) is 1. The topological polar surface area (TPSA) is 47.9 Å². The Morgan fingerprint density at radius 3 is 2.27 bits per heavy atom. The van der Waals surface area contributed by atoms with Crippen LogP contribution in [0.5, 0.6) is 0 Å². The van der Waals surface area contributed by atoms with E-state index in [-0.39, 0.29) is 12.0 Å². The molecule has 4 nitrogen and oxygen atoms in total. The second-order valence-electron chi connectivity index (χ2n) is 7.51. The highest BCUT2D eigenvalue weighted by molar-refractivity contribution is 5.46. The van der Waals surface area contributed by atoms with Gasteiger partial charge in [-0.1, -0.05) is 49.3 Å². The van der Waals surface area contributed by atoms with Gasteiger partial charge in [0.2, 0.25) is 0 Å². The van der Waals surface area contributed by atoms with Crippen LogP contribution in [0.25, 0.3) is 0 Å². The third-order valence-electron chi connectivity index (χ3n) is 5.13. The van der Waals surface area contributed by atoms with Gasteiger partial charge in [0.25, 0.3) is 0 Å². The SMILES string of the molecule is CC1(C)C=C(OCCOCCOCCO)CC2=C1Cc1ccccc1C2. The third-order valence-corrected chi connectivity index (χ3v) is 5.13. The molecular formula is C22H30O4. The van der Waals surface area contributed by atoms with Gasteiger partial charge < -0.3 is 19.3 Å². The van der Waals surface area contributed by atoms with Gasteiger partial charge in [-0.05, 0) is 30.0 Å². The summed E-state index contributed by atoms with van der Waals surface area (Å²) in [6.07, 6.45) is 5.28. The van der Waals surface area contributed by atoms with Crippen LogP contribution in [-0.2, 0) is 27.1 Å². The first-order chi connectivity index (χ1) is 12.6. The van der Waals surface area contributed by atoms with Crippen molar-refractivity contribution in [2.45, 2.75) is 33.1 Å². The number of benzene rings is 1. The number of hydrogen-bond acceptors (Lipinski definition) is 4. The molecule has 0 bridgehead atoms. The molecular weight excluding hydrogens is 328 g/mol. The molecule has 1 N–H and O–H groups in total. The van der Waals surface area contributed by atoms with Crippen LogP contribution < -0.4 is 0 Å². The number of allylic oxidation sites excluding steroid dienone is 3. The number of ether oxygens (including phenoxy) is 3. The molecule has 0 aromatic heterocycles. The van der Waals surface area contributed by atoms with Gasteiger partial charge >= 0.3 is 0 Å². The number of fused-ring (bicyclic) bond motifs is 1. The van der Waals surface area contributed by atoms with Crippen LogP contribution in [0.3, 0.4) is 0 Å². The van der Waals surface area contributed by atoms with Crippen molar-refractivity contribution in [2.24, 2.45) is 5.41 Å². The Bertz CT molecular complexity index is 672. The fourth-order valence-electron chi connectivity index (χ4n) is 3.87. The Morgan fingerprint density at radius 2 is 1.54 bits per heavy atom. The van der Waals surface area contributed by atoms with E-state index in [0.29, 0.717) is 33.0 Å². The largest absolute Gasteiger partial charge is 0.495 e. The van der Waals surface area contributed by atoms with Crippen molar-refractivity contribution >= 4 is 0 Å². The van der Waals surface area contributed by atoms with Gasteiger partial charge in [0.15, 0.2) is 0 Å². The predicted molar refractivity (Wildman–Crippen MR) is 102 cm³/mol. The lowest BCUT2D eigenvalue weighted by Crippen LogP contribution is -2.25. The zero-order valence-corrected chi connectivity index (χ0v) is 15.9. The minimum absolute atomic E-state index is 0.0371. The molecule has 0 radical (unpaired) electrons. The molecule has 1 aromatic carbocycles. The van der Waals surface area contributed by atoms with Gasteiger partial charge in [0, 0.05) is 11.8 Å². The maximum absolute atomic E-state index is 8.63. The second-order valence-corrected chi connectivity index (χ2v) is 7.51. The van der Waals surface area contributed by atoms with E-state index >= 15 is 0 Å². The summed E-state index contributed by atoms with van der Waals surface area (Å²) in [7, 11) is 0. The molecule has 0 spiro atoms. The molecule has 0 saturated carbocycles. The van der Waals surface area contributed by atoms with Crippen molar-refractivity contribution < 1.29 is 19.3 Å². The summed E-state index contributed by atoms with van der Waals surface area (Å²) in [5, 5.41) is 8.63. The summed E-state index contributed by atoms with van der Waals surface area (Å²) in [6, 6.07) is 8.77. The first-order valence-electron chi connectivity index (χ1n) is 9.49. The zero-order chi connectivity index (χ0) is 18.4. The van der Waals surface area contributed by atoms with E-state index in [1.54, 1.807) is 5.57 Å². The Balaban J connectivity index is 1.49. The van der Waals surface area contributed by atoms with Crippen LogP contribution in [0.4, 0.5) is 0 Å². The Hall–Kier alpha value is -1.62. The molecule has 0 amide bonds. The average molecular weight is 358 g/mol. The van der Waals surface area contributed by atoms with Crippen molar-refractivity contribution in [1.82, 2.24) is 0 Å². The Labute approximate surface area is 156 Å². The first kappa shape index (κ1) is 19.2. The van der Waals surface area contributed by atoms with E-state index < -0.39 is 0 Å². The number of aliphatic hydroxyl groups is 1. The van der Waals surface area contributed by atoms with Gasteiger partial charge in [-0.3, -0.25) is 0 Å². The summed E-state index contributed by atoms with van der Waals surface area (Å²) < 4.78 is 16.7. The molecule has 26 heavy (non-hydrogen) atoms. The standard InChI is InChI=1S/C22H30O4/c1-22(2)16-20(26-12-11-25-10-9-24-8-7-23)14-19-13-17-5-3-4-6-18(17)15-21(19)22/h3-6,16,23H,7-15H2,1-2H3. The van der Waals surface area contributed by atoms with E-state index in [0.717, 1.165) is 25.0 Å². The fourth-order valence-corrected chi connectivity index (χ4v) is 3.87. The van der Waals surface area contributed by atoms with E-state index in [9.17, 15) is 0 Å². The maximum Gasteiger partial charge on any atom is 0.111 e. The van der Waals surface area contributed by atoms with E-state index in [1.807, 2.05) is 0 Å². The van der Waals surface area contributed by atoms with Crippen LogP contribution in [0.15, 0.2) is 47.2 Å². The summed E-state index contributed by atoms with van der Waals surface area (Å²) in [5.41, 5.74) is 6.03. The molecule has 0 atom stereocenters. The third kappa shape index (κ3) is 4.76. The molecule has 1 aromatic rings. The van der Waals surface area contributed by atoms with Crippen LogP contribution in [0.1, 0.15) is 31.4 Å². The van der Waals surface area contributed by atoms with Crippen molar-refractivity contribution in [3.8, 4) is 0 Å². The highest BCUT2D eigenvalue weighted by Crippen LogP contribution is 2.44. The van der Waals surface area contributed by atoms with Crippen LogP contribution in [0.2, 0.25) is 0 Å². The molecule has 0 heterocycles. The maximum atomic E-state index is 8.63. The molecule has 0 aliphatic heterocycles. The van der Waals surface area contributed by atoms with E-state index in [1.165, 1.54) is 16.7 Å². The van der Waals surface area contributed by atoms with Crippen LogP contribution >= 0.6 is 0 Å². The van der Waals surface area contributed by atoms with Crippen molar-refractivity contribution in [1.29, 1.82) is 0 Å². The predicted octanol–water partition coefficient (Wildman–Crippen LogP) is 3.44. The second kappa shape index (κ2) is 8.85. The van der Waals surface area contributed by atoms with Gasteiger partial charge in [-0.15, -0.1) is 0 Å². The molecule has 0 unspecified atom stereocenters. The molecule has 0 saturated heterocycles. The smallest absolute Gasteiger partial charge is 0.111 e. The number of aliphatic hydroxyl groups excluding tert-OH is 1. The summed E-state index contributed by atoms with van der Waals surface area (Å²) in [5.74, 6) is 1.06. The van der Waals surface area contributed by atoms with Gasteiger partial charge in [-0.25, -0.2) is 0 Å². The van der Waals surface area contributed by atoms with Gasteiger partial charge in [-0.2, -0.15) is 0 Å². The molecule has 0 fully saturated rings. The Kier molecular flexibility index (Phi) is 6.52. The van der Waals surface area contributed by atoms with Gasteiger partial charge in [0.05, 0.1) is 38.8 Å². The van der Waals surface area contributed by atoms with Crippen molar-refractivity contribution in [3.05, 3.63) is 58.4 Å². The highest BCUT2D eigenvalue weighted by Gasteiger charge is 2.32. The molecule has 2 aliphatic rings. The lowest BCUT2D eigenvalue weighted by molar-refractivity contribution is 0.0168. The monoisotopic (exact) mass is 358 g/mol. The zero-order valence-electron chi connectivity index (χ0n) is 15.9.